The van der Waals surface area contributed by atoms with Crippen molar-refractivity contribution in [2.24, 2.45) is 0 Å². The van der Waals surface area contributed by atoms with Gasteiger partial charge in [0.15, 0.2) is 0 Å². The van der Waals surface area contributed by atoms with Crippen LogP contribution in [0.5, 0.6) is 0 Å². The third-order valence-corrected chi connectivity index (χ3v) is 2.02. The minimum Gasteiger partial charge on any atom is -0.0888 e. The number of hydrogen-bond acceptors (Lipinski definition) is 0. The molecule has 1 aromatic rings. The average Bonchev–Trinajstić information content (AvgIpc) is 2.03. The zero-order chi connectivity index (χ0) is 8.97. The molecule has 0 heterocycles. The van der Waals surface area contributed by atoms with Crippen LogP contribution < -0.4 is 0 Å². The summed E-state index contributed by atoms with van der Waals surface area (Å²) in [5.41, 5.74) is 3.96. The van der Waals surface area contributed by atoms with Crippen LogP contribution >= 0.6 is 0 Å². The first-order chi connectivity index (χ1) is 5.74. The molecule has 0 unspecified atom stereocenters. The Morgan fingerprint density at radius 3 is 2.67 bits per heavy atom. The molecule has 0 atom stereocenters. The molecular weight excluding hydrogens is 144 g/mol. The van der Waals surface area contributed by atoms with E-state index >= 15 is 0 Å². The fourth-order valence-corrected chi connectivity index (χ4v) is 1.32. The molecule has 61 valence electrons. The summed E-state index contributed by atoms with van der Waals surface area (Å²) in [6.07, 6.45) is 8.48. The lowest BCUT2D eigenvalue weighted by molar-refractivity contribution is 1.01. The van der Waals surface area contributed by atoms with Crippen molar-refractivity contribution in [1.82, 2.24) is 0 Å². The van der Waals surface area contributed by atoms with Gasteiger partial charge in [0.05, 0.1) is 0 Å². The minimum absolute atomic E-state index is 0.726. The molecule has 0 bridgehead atoms. The number of hydrogen-bond donors (Lipinski definition) is 0. The zero-order valence-electron chi connectivity index (χ0n) is 7.65. The normalized spacial score (nSPS) is 9.42. The summed E-state index contributed by atoms with van der Waals surface area (Å²) in [5.74, 6) is 2.41. The number of aryl methyl sites for hydroxylation is 3. The fourth-order valence-electron chi connectivity index (χ4n) is 1.32. The van der Waals surface area contributed by atoms with Crippen molar-refractivity contribution >= 4 is 0 Å². The van der Waals surface area contributed by atoms with Gasteiger partial charge in [-0.2, -0.15) is 0 Å². The van der Waals surface area contributed by atoms with Crippen molar-refractivity contribution in [3.63, 3.8) is 0 Å². The summed E-state index contributed by atoms with van der Waals surface area (Å²) < 4.78 is 0. The van der Waals surface area contributed by atoms with Crippen molar-refractivity contribution in [1.29, 1.82) is 0 Å². The van der Waals surface area contributed by atoms with Crippen molar-refractivity contribution in [2.45, 2.75) is 26.7 Å². The molecule has 0 amide bonds. The molecule has 0 aliphatic heterocycles. The summed E-state index contributed by atoms with van der Waals surface area (Å²) >= 11 is 0. The fraction of sp³-hybridized carbons (Fsp3) is 0.333. The highest BCUT2D eigenvalue weighted by Crippen LogP contribution is 2.11. The molecule has 12 heavy (non-hydrogen) atoms. The van der Waals surface area contributed by atoms with Crippen molar-refractivity contribution < 1.29 is 0 Å². The van der Waals surface area contributed by atoms with Gasteiger partial charge >= 0.3 is 0 Å². The Labute approximate surface area is 74.6 Å². The van der Waals surface area contributed by atoms with Crippen LogP contribution in [0.4, 0.5) is 0 Å². The molecule has 0 aliphatic rings. The van der Waals surface area contributed by atoms with Crippen LogP contribution in [-0.2, 0) is 6.42 Å². The van der Waals surface area contributed by atoms with Gasteiger partial charge in [0.2, 0.25) is 0 Å². The van der Waals surface area contributed by atoms with E-state index in [1.54, 1.807) is 0 Å². The topological polar surface area (TPSA) is 0 Å². The van der Waals surface area contributed by atoms with Crippen LogP contribution in [0.1, 0.15) is 23.1 Å². The van der Waals surface area contributed by atoms with Gasteiger partial charge in [0.1, 0.15) is 0 Å². The molecule has 0 aliphatic carbocycles. The zero-order valence-corrected chi connectivity index (χ0v) is 7.65. The largest absolute Gasteiger partial charge is 0.0888 e. The molecule has 0 aromatic heterocycles. The molecule has 1 rings (SSSR count). The predicted molar refractivity (Wildman–Crippen MR) is 51.4 cm³/mol. The predicted octanol–water partition coefficient (Wildman–Crippen LogP) is 2.83. The van der Waals surface area contributed by atoms with E-state index in [4.69, 9.17) is 6.42 Å². The Morgan fingerprint density at radius 1 is 1.33 bits per heavy atom. The summed E-state index contributed by atoms with van der Waals surface area (Å²) in [4.78, 5) is 0. The Bertz CT molecular complexity index is 302. The molecule has 0 N–H and O–H groups in total. The van der Waals surface area contributed by atoms with Gasteiger partial charge in [-0.1, -0.05) is 29.7 Å². The van der Waals surface area contributed by atoms with Crippen LogP contribution in [0.25, 0.3) is 0 Å². The van der Waals surface area contributed by atoms with E-state index in [2.05, 4.69) is 38.0 Å². The summed E-state index contributed by atoms with van der Waals surface area (Å²) in [6, 6.07) is 6.44. The van der Waals surface area contributed by atoms with Crippen molar-refractivity contribution in [3.05, 3.63) is 41.3 Å². The molecule has 0 fully saturated rings. The second-order valence-electron chi connectivity index (χ2n) is 3.11. The first-order valence-corrected chi connectivity index (χ1v) is 4.20. The van der Waals surface area contributed by atoms with Crippen LogP contribution in [-0.4, -0.2) is 0 Å². The van der Waals surface area contributed by atoms with Gasteiger partial charge < -0.3 is 0 Å². The molecule has 0 spiro atoms. The van der Waals surface area contributed by atoms with Gasteiger partial charge in [-0.3, -0.25) is 0 Å². The van der Waals surface area contributed by atoms with E-state index in [0.29, 0.717) is 0 Å². The highest BCUT2D eigenvalue weighted by molar-refractivity contribution is 5.30. The summed E-state index contributed by atoms with van der Waals surface area (Å²) in [7, 11) is 0. The first-order valence-electron chi connectivity index (χ1n) is 4.20. The number of rotatable bonds is 2. The van der Waals surface area contributed by atoms with Gasteiger partial charge in [0, 0.05) is 6.42 Å². The molecule has 0 heteroatoms. The lowest BCUT2D eigenvalue weighted by atomic mass is 10.0. The van der Waals surface area contributed by atoms with E-state index in [1.807, 2.05) is 0 Å². The quantitative estimate of drug-likeness (QED) is 0.579. The third-order valence-electron chi connectivity index (χ3n) is 2.02. The van der Waals surface area contributed by atoms with E-state index < -0.39 is 0 Å². The SMILES string of the molecule is [C]#CCCc1ccc(C)cc1C. The molecule has 1 radical (unpaired) electrons. The number of benzene rings is 1. The van der Waals surface area contributed by atoms with E-state index in [9.17, 15) is 0 Å². The standard InChI is InChI=1S/C12H13/c1-4-5-6-12-8-7-10(2)9-11(12)3/h7-9H,5-6H2,2-3H3. The lowest BCUT2D eigenvalue weighted by Gasteiger charge is -2.03. The smallest absolute Gasteiger partial charge is 0.0139 e. The van der Waals surface area contributed by atoms with E-state index in [0.717, 1.165) is 12.8 Å². The Balaban J connectivity index is 2.81. The second-order valence-corrected chi connectivity index (χ2v) is 3.11. The molecular formula is C12H13. The average molecular weight is 157 g/mol. The highest BCUT2D eigenvalue weighted by Gasteiger charge is 1.96. The first kappa shape index (κ1) is 8.87. The van der Waals surface area contributed by atoms with E-state index in [-0.39, 0.29) is 0 Å². The highest BCUT2D eigenvalue weighted by atomic mass is 14.0. The van der Waals surface area contributed by atoms with Crippen molar-refractivity contribution in [3.8, 4) is 5.92 Å². The molecule has 0 nitrogen and oxygen atoms in total. The van der Waals surface area contributed by atoms with Gasteiger partial charge in [-0.25, -0.2) is 0 Å². The molecule has 1 aromatic carbocycles. The molecule has 0 saturated heterocycles. The van der Waals surface area contributed by atoms with Crippen LogP contribution in [0.15, 0.2) is 18.2 Å². The van der Waals surface area contributed by atoms with Gasteiger partial charge in [-0.15, -0.1) is 0 Å². The maximum absolute atomic E-state index is 6.81. The van der Waals surface area contributed by atoms with Crippen LogP contribution in [0.3, 0.4) is 0 Å². The molecule has 0 saturated carbocycles. The van der Waals surface area contributed by atoms with Crippen LogP contribution in [0.2, 0.25) is 0 Å². The maximum Gasteiger partial charge on any atom is 0.0139 e. The second kappa shape index (κ2) is 3.97. The lowest BCUT2D eigenvalue weighted by Crippen LogP contribution is -1.89. The Morgan fingerprint density at radius 2 is 2.08 bits per heavy atom. The Kier molecular flexibility index (Phi) is 2.94. The third kappa shape index (κ3) is 2.13. The van der Waals surface area contributed by atoms with Gasteiger partial charge in [0.25, 0.3) is 0 Å². The summed E-state index contributed by atoms with van der Waals surface area (Å²) in [5, 5.41) is 0. The maximum atomic E-state index is 6.81. The van der Waals surface area contributed by atoms with Gasteiger partial charge in [-0.05, 0) is 37.8 Å². The van der Waals surface area contributed by atoms with Crippen LogP contribution in [0, 0.1) is 26.2 Å². The minimum atomic E-state index is 0.726. The van der Waals surface area contributed by atoms with E-state index in [1.165, 1.54) is 16.7 Å². The monoisotopic (exact) mass is 157 g/mol. The van der Waals surface area contributed by atoms with Crippen molar-refractivity contribution in [2.75, 3.05) is 0 Å². The Hall–Kier alpha value is -1.22. The summed E-state index contributed by atoms with van der Waals surface area (Å²) in [6.45, 7) is 4.21.